The van der Waals surface area contributed by atoms with E-state index in [1.807, 2.05) is 0 Å². The molecule has 0 aliphatic carbocycles. The molecule has 0 fully saturated rings. The Kier molecular flexibility index (Phi) is 3.36. The zero-order chi connectivity index (χ0) is 10.0. The van der Waals surface area contributed by atoms with Crippen molar-refractivity contribution in [3.05, 3.63) is 28.0 Å². The largest absolute Gasteiger partial charge is 0.318 e. The van der Waals surface area contributed by atoms with Crippen LogP contribution >= 0.6 is 34.8 Å². The van der Waals surface area contributed by atoms with E-state index in [1.54, 1.807) is 0 Å². The van der Waals surface area contributed by atoms with E-state index in [0.717, 1.165) is 0 Å². The summed E-state index contributed by atoms with van der Waals surface area (Å²) in [6.07, 6.45) is 0. The number of carbonyl (C=O) groups excluding carboxylic acids is 1. The third-order valence-corrected chi connectivity index (χ3v) is 1.87. The normalized spacial score (nSPS) is 9.85. The number of nitrogens with one attached hydrogen (secondary N) is 1. The van der Waals surface area contributed by atoms with E-state index in [4.69, 9.17) is 34.8 Å². The number of amides is 1. The molecule has 1 rings (SSSR count). The third-order valence-electron chi connectivity index (χ3n) is 1.23. The maximum Gasteiger partial charge on any atom is 0.318 e. The molecule has 0 spiro atoms. The van der Waals surface area contributed by atoms with E-state index in [-0.39, 0.29) is 15.7 Å². The quantitative estimate of drug-likeness (QED) is 0.452. The summed E-state index contributed by atoms with van der Waals surface area (Å²) in [4.78, 5) is 10.4. The highest BCUT2D eigenvalue weighted by Gasteiger charge is 2.08. The average molecular weight is 242 g/mol. The molecule has 0 aromatic heterocycles. The molecule has 0 unspecified atom stereocenters. The number of halogens is 4. The van der Waals surface area contributed by atoms with Gasteiger partial charge in [0.1, 0.15) is 0 Å². The molecular formula is C7H3Cl3FNO. The van der Waals surface area contributed by atoms with Crippen LogP contribution in [0.3, 0.4) is 0 Å². The lowest BCUT2D eigenvalue weighted by Gasteiger charge is -2.03. The smallest absolute Gasteiger partial charge is 0.312 e. The average Bonchev–Trinajstić information content (AvgIpc) is 1.98. The van der Waals surface area contributed by atoms with E-state index in [9.17, 15) is 9.18 Å². The fourth-order valence-corrected chi connectivity index (χ4v) is 1.34. The zero-order valence-electron chi connectivity index (χ0n) is 6.07. The van der Waals surface area contributed by atoms with Crippen molar-refractivity contribution in [2.45, 2.75) is 0 Å². The summed E-state index contributed by atoms with van der Waals surface area (Å²) in [7, 11) is 0. The van der Waals surface area contributed by atoms with Gasteiger partial charge in [-0.25, -0.2) is 4.39 Å². The molecule has 0 heterocycles. The van der Waals surface area contributed by atoms with Gasteiger partial charge in [0.05, 0.1) is 10.0 Å². The Balaban J connectivity index is 3.06. The zero-order valence-corrected chi connectivity index (χ0v) is 8.34. The molecule has 6 heteroatoms. The van der Waals surface area contributed by atoms with E-state index in [2.05, 4.69) is 5.32 Å². The number of hydrogen-bond acceptors (Lipinski definition) is 1. The predicted molar refractivity (Wildman–Crippen MR) is 51.3 cm³/mol. The lowest BCUT2D eigenvalue weighted by molar-refractivity contribution is 0.269. The number of rotatable bonds is 1. The van der Waals surface area contributed by atoms with Gasteiger partial charge in [0.15, 0.2) is 5.82 Å². The molecule has 0 saturated carbocycles. The van der Waals surface area contributed by atoms with Crippen LogP contribution in [0.2, 0.25) is 10.0 Å². The molecule has 0 bridgehead atoms. The van der Waals surface area contributed by atoms with Crippen molar-refractivity contribution < 1.29 is 9.18 Å². The van der Waals surface area contributed by atoms with Crippen molar-refractivity contribution in [3.63, 3.8) is 0 Å². The molecule has 1 N–H and O–H groups in total. The lowest BCUT2D eigenvalue weighted by Crippen LogP contribution is -2.01. The summed E-state index contributed by atoms with van der Waals surface area (Å²) in [6.45, 7) is 0. The number of benzene rings is 1. The summed E-state index contributed by atoms with van der Waals surface area (Å²) < 4.78 is 12.8. The highest BCUT2D eigenvalue weighted by Crippen LogP contribution is 2.27. The first-order chi connectivity index (χ1) is 6.00. The Morgan fingerprint density at radius 1 is 1.31 bits per heavy atom. The van der Waals surface area contributed by atoms with Crippen molar-refractivity contribution in [2.75, 3.05) is 5.32 Å². The molecule has 1 amide bonds. The fraction of sp³-hybridized carbons (Fsp3) is 0. The van der Waals surface area contributed by atoms with Gasteiger partial charge in [-0.3, -0.25) is 4.79 Å². The standard InChI is InChI=1S/C7H3Cl3FNO/c8-4-1-3(12-7(10)13)2-5(9)6(4)11/h1-2H,(H,12,13). The number of anilines is 1. The van der Waals surface area contributed by atoms with Crippen LogP contribution < -0.4 is 5.32 Å². The van der Waals surface area contributed by atoms with Crippen LogP contribution in [-0.4, -0.2) is 5.37 Å². The Bertz CT molecular complexity index is 333. The first-order valence-corrected chi connectivity index (χ1v) is 4.25. The van der Waals surface area contributed by atoms with Gasteiger partial charge < -0.3 is 5.32 Å². The lowest BCUT2D eigenvalue weighted by atomic mass is 10.3. The van der Waals surface area contributed by atoms with Gasteiger partial charge in [0.2, 0.25) is 0 Å². The fourth-order valence-electron chi connectivity index (χ4n) is 0.741. The second-order valence-corrected chi connectivity index (χ2v) is 3.31. The minimum atomic E-state index is -0.793. The SMILES string of the molecule is O=C(Cl)Nc1cc(Cl)c(F)c(Cl)c1. The van der Waals surface area contributed by atoms with E-state index >= 15 is 0 Å². The Labute approximate surface area is 88.6 Å². The summed E-state index contributed by atoms with van der Waals surface area (Å²) >= 11 is 15.9. The van der Waals surface area contributed by atoms with Gasteiger partial charge in [0.25, 0.3) is 0 Å². The maximum absolute atomic E-state index is 12.8. The number of carbonyl (C=O) groups is 1. The van der Waals surface area contributed by atoms with Crippen LogP contribution in [0.15, 0.2) is 12.1 Å². The van der Waals surface area contributed by atoms with Crippen LogP contribution in [0.1, 0.15) is 0 Å². The van der Waals surface area contributed by atoms with Gasteiger partial charge in [-0.1, -0.05) is 23.2 Å². The molecule has 1 aromatic carbocycles. The minimum Gasteiger partial charge on any atom is -0.312 e. The highest BCUT2D eigenvalue weighted by molar-refractivity contribution is 6.65. The molecule has 0 radical (unpaired) electrons. The summed E-state index contributed by atoms with van der Waals surface area (Å²) in [6, 6.07) is 2.42. The first kappa shape index (κ1) is 10.6. The van der Waals surface area contributed by atoms with E-state index in [0.29, 0.717) is 0 Å². The van der Waals surface area contributed by atoms with Gasteiger partial charge in [-0.05, 0) is 23.7 Å². The molecule has 0 saturated heterocycles. The molecule has 70 valence electrons. The summed E-state index contributed by atoms with van der Waals surface area (Å²) in [5.74, 6) is -0.726. The molecule has 0 atom stereocenters. The third kappa shape index (κ3) is 2.72. The topological polar surface area (TPSA) is 29.1 Å². The van der Waals surface area contributed by atoms with Gasteiger partial charge in [-0.2, -0.15) is 0 Å². The molecule has 2 nitrogen and oxygen atoms in total. The van der Waals surface area contributed by atoms with E-state index < -0.39 is 11.2 Å². The summed E-state index contributed by atoms with van der Waals surface area (Å²) in [5, 5.41) is 1.07. The van der Waals surface area contributed by atoms with Crippen LogP contribution in [0.25, 0.3) is 0 Å². The minimum absolute atomic E-state index is 0.173. The summed E-state index contributed by atoms with van der Waals surface area (Å²) in [5.41, 5.74) is 0.247. The maximum atomic E-state index is 12.8. The Morgan fingerprint density at radius 3 is 2.15 bits per heavy atom. The second kappa shape index (κ2) is 4.13. The van der Waals surface area contributed by atoms with Gasteiger partial charge >= 0.3 is 5.37 Å². The molecule has 0 aliphatic heterocycles. The molecule has 1 aromatic rings. The first-order valence-electron chi connectivity index (χ1n) is 3.11. The van der Waals surface area contributed by atoms with Crippen molar-refractivity contribution in [1.29, 1.82) is 0 Å². The molecular weight excluding hydrogens is 239 g/mol. The van der Waals surface area contributed by atoms with Crippen molar-refractivity contribution >= 4 is 45.9 Å². The van der Waals surface area contributed by atoms with Crippen LogP contribution in [-0.2, 0) is 0 Å². The number of hydrogen-bond donors (Lipinski definition) is 1. The second-order valence-electron chi connectivity index (χ2n) is 2.15. The van der Waals surface area contributed by atoms with Crippen LogP contribution in [0.5, 0.6) is 0 Å². The predicted octanol–water partition coefficient (Wildman–Crippen LogP) is 3.90. The highest BCUT2D eigenvalue weighted by atomic mass is 35.5. The van der Waals surface area contributed by atoms with Gasteiger partial charge in [-0.15, -0.1) is 0 Å². The van der Waals surface area contributed by atoms with Crippen molar-refractivity contribution in [1.82, 2.24) is 0 Å². The Hall–Kier alpha value is -0.510. The van der Waals surface area contributed by atoms with Crippen LogP contribution in [0.4, 0.5) is 14.9 Å². The molecule has 0 aliphatic rings. The van der Waals surface area contributed by atoms with Crippen LogP contribution in [0, 0.1) is 5.82 Å². The van der Waals surface area contributed by atoms with E-state index in [1.165, 1.54) is 12.1 Å². The van der Waals surface area contributed by atoms with Crippen molar-refractivity contribution in [3.8, 4) is 0 Å². The molecule has 13 heavy (non-hydrogen) atoms. The van der Waals surface area contributed by atoms with Gasteiger partial charge in [0, 0.05) is 5.69 Å². The monoisotopic (exact) mass is 241 g/mol. The Morgan fingerprint density at radius 2 is 1.77 bits per heavy atom. The van der Waals surface area contributed by atoms with Crippen molar-refractivity contribution in [2.24, 2.45) is 0 Å².